The molecule has 0 aromatic carbocycles. The zero-order valence-electron chi connectivity index (χ0n) is 11.4. The third-order valence-electron chi connectivity index (χ3n) is 1.53. The van der Waals surface area contributed by atoms with Crippen molar-refractivity contribution in [1.82, 2.24) is 0 Å². The fraction of sp³-hybridized carbons (Fsp3) is 0.833. The molecule has 17 heavy (non-hydrogen) atoms. The number of methoxy groups -OCH3 is 1. The van der Waals surface area contributed by atoms with E-state index in [-0.39, 0.29) is 24.8 Å². The Bertz CT molecular complexity index is 213. The maximum Gasteiger partial charge on any atom is 0.366 e. The van der Waals surface area contributed by atoms with Crippen LogP contribution in [-0.4, -0.2) is 33.2 Å². The Hall–Kier alpha value is -1.10. The lowest BCUT2D eigenvalue weighted by atomic mass is 10.5. The van der Waals surface area contributed by atoms with Gasteiger partial charge in [-0.05, 0) is 27.2 Å². The normalized spacial score (nSPS) is 12.1. The Kier molecular flexibility index (Phi) is 9.43. The standard InChI is InChI=1S/C12H24O5/c1-6-8-15-11(14-7-2)12(16-9-13-5)17-10(3)4/h10H,6-9H2,1-5H3. The second kappa shape index (κ2) is 10.1. The van der Waals surface area contributed by atoms with Crippen LogP contribution in [0, 0.1) is 0 Å². The molecule has 0 rings (SSSR count). The highest BCUT2D eigenvalue weighted by Crippen LogP contribution is 2.14. The summed E-state index contributed by atoms with van der Waals surface area (Å²) >= 11 is 0. The minimum Gasteiger partial charge on any atom is -0.461 e. The van der Waals surface area contributed by atoms with Gasteiger partial charge in [-0.1, -0.05) is 6.92 Å². The van der Waals surface area contributed by atoms with Crippen molar-refractivity contribution in [3.8, 4) is 0 Å². The third kappa shape index (κ3) is 7.74. The van der Waals surface area contributed by atoms with Crippen molar-refractivity contribution in [3.63, 3.8) is 0 Å². The van der Waals surface area contributed by atoms with Crippen molar-refractivity contribution in [2.24, 2.45) is 0 Å². The van der Waals surface area contributed by atoms with Crippen molar-refractivity contribution >= 4 is 0 Å². The second-order valence-corrected chi connectivity index (χ2v) is 3.57. The van der Waals surface area contributed by atoms with Crippen molar-refractivity contribution < 1.29 is 23.7 Å². The summed E-state index contributed by atoms with van der Waals surface area (Å²) in [5.74, 6) is 0.511. The molecule has 0 heterocycles. The van der Waals surface area contributed by atoms with Gasteiger partial charge < -0.3 is 23.7 Å². The molecule has 102 valence electrons. The summed E-state index contributed by atoms with van der Waals surface area (Å²) in [4.78, 5) is 0. The van der Waals surface area contributed by atoms with Gasteiger partial charge in [-0.3, -0.25) is 0 Å². The number of rotatable bonds is 10. The highest BCUT2D eigenvalue weighted by atomic mass is 16.8. The van der Waals surface area contributed by atoms with E-state index in [0.29, 0.717) is 13.2 Å². The van der Waals surface area contributed by atoms with Gasteiger partial charge in [0.25, 0.3) is 0 Å². The smallest absolute Gasteiger partial charge is 0.366 e. The van der Waals surface area contributed by atoms with Gasteiger partial charge in [0.2, 0.25) is 0 Å². The topological polar surface area (TPSA) is 46.2 Å². The van der Waals surface area contributed by atoms with E-state index in [1.807, 2.05) is 27.7 Å². The largest absolute Gasteiger partial charge is 0.461 e. The Labute approximate surface area is 104 Å². The van der Waals surface area contributed by atoms with E-state index in [2.05, 4.69) is 0 Å². The lowest BCUT2D eigenvalue weighted by Gasteiger charge is -2.18. The Morgan fingerprint density at radius 1 is 1.00 bits per heavy atom. The molecule has 0 radical (unpaired) electrons. The van der Waals surface area contributed by atoms with Crippen LogP contribution >= 0.6 is 0 Å². The van der Waals surface area contributed by atoms with E-state index in [0.717, 1.165) is 6.42 Å². The molecule has 0 N–H and O–H groups in total. The van der Waals surface area contributed by atoms with Gasteiger partial charge in [0, 0.05) is 7.11 Å². The van der Waals surface area contributed by atoms with Crippen LogP contribution in [-0.2, 0) is 23.7 Å². The molecule has 0 bridgehead atoms. The second-order valence-electron chi connectivity index (χ2n) is 3.57. The average Bonchev–Trinajstić information content (AvgIpc) is 2.29. The molecular weight excluding hydrogens is 224 g/mol. The van der Waals surface area contributed by atoms with Gasteiger partial charge in [0.05, 0.1) is 19.3 Å². The van der Waals surface area contributed by atoms with Crippen LogP contribution in [0.15, 0.2) is 11.9 Å². The highest BCUT2D eigenvalue weighted by molar-refractivity contribution is 4.86. The first-order chi connectivity index (χ1) is 8.15. The number of hydrogen-bond donors (Lipinski definition) is 0. The van der Waals surface area contributed by atoms with Crippen molar-refractivity contribution in [2.75, 3.05) is 27.1 Å². The van der Waals surface area contributed by atoms with Gasteiger partial charge in [-0.15, -0.1) is 0 Å². The fourth-order valence-corrected chi connectivity index (χ4v) is 0.953. The molecule has 0 saturated heterocycles. The highest BCUT2D eigenvalue weighted by Gasteiger charge is 2.15. The van der Waals surface area contributed by atoms with Gasteiger partial charge >= 0.3 is 11.9 Å². The Morgan fingerprint density at radius 3 is 2.18 bits per heavy atom. The summed E-state index contributed by atoms with van der Waals surface area (Å²) in [6.07, 6.45) is 0.859. The number of hydrogen-bond acceptors (Lipinski definition) is 5. The van der Waals surface area contributed by atoms with Crippen LogP contribution in [0.4, 0.5) is 0 Å². The molecule has 0 saturated carbocycles. The van der Waals surface area contributed by atoms with Gasteiger partial charge in [-0.2, -0.15) is 0 Å². The molecule has 0 unspecified atom stereocenters. The van der Waals surface area contributed by atoms with E-state index in [1.165, 1.54) is 0 Å². The third-order valence-corrected chi connectivity index (χ3v) is 1.53. The molecule has 0 aromatic heterocycles. The maximum absolute atomic E-state index is 5.49. The number of ether oxygens (including phenoxy) is 5. The van der Waals surface area contributed by atoms with Crippen LogP contribution in [0.5, 0.6) is 0 Å². The zero-order chi connectivity index (χ0) is 13.1. The predicted molar refractivity (Wildman–Crippen MR) is 64.1 cm³/mol. The van der Waals surface area contributed by atoms with E-state index < -0.39 is 0 Å². The first-order valence-electron chi connectivity index (χ1n) is 5.93. The van der Waals surface area contributed by atoms with Gasteiger partial charge in [-0.25, -0.2) is 0 Å². The van der Waals surface area contributed by atoms with E-state index in [4.69, 9.17) is 23.7 Å². The molecule has 0 amide bonds. The van der Waals surface area contributed by atoms with Crippen molar-refractivity contribution in [1.29, 1.82) is 0 Å². The van der Waals surface area contributed by atoms with Crippen LogP contribution in [0.3, 0.4) is 0 Å². The van der Waals surface area contributed by atoms with Crippen LogP contribution < -0.4 is 0 Å². The first-order valence-corrected chi connectivity index (χ1v) is 5.93. The van der Waals surface area contributed by atoms with Crippen LogP contribution in [0.1, 0.15) is 34.1 Å². The summed E-state index contributed by atoms with van der Waals surface area (Å²) in [6, 6.07) is 0. The van der Waals surface area contributed by atoms with E-state index >= 15 is 0 Å². The lowest BCUT2D eigenvalue weighted by Crippen LogP contribution is -2.13. The molecule has 5 nitrogen and oxygen atoms in total. The maximum atomic E-state index is 5.49. The summed E-state index contributed by atoms with van der Waals surface area (Å²) in [6.45, 7) is 8.82. The average molecular weight is 248 g/mol. The molecule has 0 aliphatic heterocycles. The van der Waals surface area contributed by atoms with Crippen LogP contribution in [0.2, 0.25) is 0 Å². The van der Waals surface area contributed by atoms with Crippen molar-refractivity contribution in [3.05, 3.63) is 11.9 Å². The van der Waals surface area contributed by atoms with Gasteiger partial charge in [0.1, 0.15) is 0 Å². The summed E-state index contributed by atoms with van der Waals surface area (Å²) < 4.78 is 26.4. The summed E-state index contributed by atoms with van der Waals surface area (Å²) in [7, 11) is 1.54. The first kappa shape index (κ1) is 15.9. The Balaban J connectivity index is 4.66. The quantitative estimate of drug-likeness (QED) is 0.439. The van der Waals surface area contributed by atoms with Gasteiger partial charge in [0.15, 0.2) is 6.79 Å². The lowest BCUT2D eigenvalue weighted by molar-refractivity contribution is -0.101. The minimum absolute atomic E-state index is 0.0254. The summed E-state index contributed by atoms with van der Waals surface area (Å²) in [5.41, 5.74) is 0. The zero-order valence-corrected chi connectivity index (χ0v) is 11.4. The van der Waals surface area contributed by atoms with E-state index in [1.54, 1.807) is 7.11 Å². The van der Waals surface area contributed by atoms with Crippen LogP contribution in [0.25, 0.3) is 0 Å². The molecule has 0 fully saturated rings. The molecule has 0 aromatic rings. The predicted octanol–water partition coefficient (Wildman–Crippen LogP) is 2.62. The molecule has 5 heteroatoms. The molecule has 0 atom stereocenters. The molecule has 0 spiro atoms. The Morgan fingerprint density at radius 2 is 1.71 bits per heavy atom. The monoisotopic (exact) mass is 248 g/mol. The molecule has 0 aliphatic rings. The van der Waals surface area contributed by atoms with E-state index in [9.17, 15) is 0 Å². The molecular formula is C12H24O5. The SMILES string of the molecule is CCCOC(OCC)=C(OCOC)OC(C)C. The summed E-state index contributed by atoms with van der Waals surface area (Å²) in [5, 5.41) is 0. The fourth-order valence-electron chi connectivity index (χ4n) is 0.953. The van der Waals surface area contributed by atoms with Crippen molar-refractivity contribution in [2.45, 2.75) is 40.2 Å². The minimum atomic E-state index is -0.0254. The molecule has 0 aliphatic carbocycles.